The van der Waals surface area contributed by atoms with E-state index in [4.69, 9.17) is 15.0 Å². The molecule has 0 aliphatic rings. The Bertz CT molecular complexity index is 3170. The molecule has 0 N–H and O–H groups in total. The number of rotatable bonds is 3. The predicted molar refractivity (Wildman–Crippen MR) is 210 cm³/mol. The van der Waals surface area contributed by atoms with Crippen molar-refractivity contribution in [3.63, 3.8) is 0 Å². The van der Waals surface area contributed by atoms with E-state index in [1.165, 1.54) is 58.1 Å². The van der Waals surface area contributed by atoms with Gasteiger partial charge < -0.3 is 4.57 Å². The molecule has 4 nitrogen and oxygen atoms in total. The van der Waals surface area contributed by atoms with Crippen molar-refractivity contribution in [2.45, 2.75) is 0 Å². The zero-order chi connectivity index (χ0) is 32.8. The summed E-state index contributed by atoms with van der Waals surface area (Å²) in [6, 6.07) is 54.0. The molecule has 0 saturated carbocycles. The fourth-order valence-corrected chi connectivity index (χ4v) is 9.17. The molecule has 11 rings (SSSR count). The van der Waals surface area contributed by atoms with Crippen LogP contribution in [0.25, 0.3) is 103 Å². The van der Waals surface area contributed by atoms with Crippen molar-refractivity contribution in [3.8, 4) is 28.3 Å². The van der Waals surface area contributed by atoms with Crippen LogP contribution in [0.3, 0.4) is 0 Å². The maximum atomic E-state index is 5.27. The van der Waals surface area contributed by atoms with Crippen molar-refractivity contribution < 1.29 is 0 Å². The zero-order valence-corrected chi connectivity index (χ0v) is 27.5. The standard InChI is InChI=1S/C45H26N4S/c1-2-16-30-27(12-1)13-10-21-32(30)41-42-36(22-11-25-46-42)47-45(48-41)28-14-9-15-29(26-28)49-37-23-7-5-19-34(37)40-43(49)33-18-4-3-17-31(33)39-35-20-6-8-24-38(35)50-44(39)40/h1-26H. The summed E-state index contributed by atoms with van der Waals surface area (Å²) in [6.45, 7) is 0. The molecule has 0 amide bonds. The van der Waals surface area contributed by atoms with E-state index < -0.39 is 0 Å². The second kappa shape index (κ2) is 10.5. The van der Waals surface area contributed by atoms with Crippen LogP contribution in [-0.4, -0.2) is 19.5 Å². The molecule has 0 aliphatic carbocycles. The highest BCUT2D eigenvalue weighted by Gasteiger charge is 2.22. The lowest BCUT2D eigenvalue weighted by atomic mass is 9.99. The van der Waals surface area contributed by atoms with Crippen molar-refractivity contribution in [2.24, 2.45) is 0 Å². The van der Waals surface area contributed by atoms with E-state index in [0.29, 0.717) is 5.82 Å². The fourth-order valence-electron chi connectivity index (χ4n) is 7.89. The molecule has 50 heavy (non-hydrogen) atoms. The van der Waals surface area contributed by atoms with Crippen molar-refractivity contribution in [1.29, 1.82) is 0 Å². The molecule has 4 aromatic heterocycles. The van der Waals surface area contributed by atoms with Crippen molar-refractivity contribution in [2.75, 3.05) is 0 Å². The van der Waals surface area contributed by atoms with Crippen molar-refractivity contribution in [3.05, 3.63) is 158 Å². The van der Waals surface area contributed by atoms with Gasteiger partial charge in [0.25, 0.3) is 0 Å². The third-order valence-electron chi connectivity index (χ3n) is 10.0. The van der Waals surface area contributed by atoms with Gasteiger partial charge in [-0.25, -0.2) is 9.97 Å². The highest BCUT2D eigenvalue weighted by Crippen LogP contribution is 2.48. The summed E-state index contributed by atoms with van der Waals surface area (Å²) < 4.78 is 5.08. The molecular weight excluding hydrogens is 629 g/mol. The lowest BCUT2D eigenvalue weighted by molar-refractivity contribution is 1.17. The Labute approximate surface area is 290 Å². The van der Waals surface area contributed by atoms with Crippen molar-refractivity contribution >= 4 is 85.9 Å². The van der Waals surface area contributed by atoms with E-state index in [0.717, 1.165) is 38.9 Å². The summed E-state index contributed by atoms with van der Waals surface area (Å²) in [6.07, 6.45) is 1.82. The number of aromatic nitrogens is 4. The molecule has 0 fully saturated rings. The van der Waals surface area contributed by atoms with Crippen LogP contribution in [0.15, 0.2) is 158 Å². The van der Waals surface area contributed by atoms with Gasteiger partial charge in [0, 0.05) is 59.3 Å². The van der Waals surface area contributed by atoms with Crippen LogP contribution >= 0.6 is 11.3 Å². The smallest absolute Gasteiger partial charge is 0.160 e. The first kappa shape index (κ1) is 27.5. The average molecular weight is 655 g/mol. The van der Waals surface area contributed by atoms with Gasteiger partial charge in [0.15, 0.2) is 5.82 Å². The number of nitrogens with zero attached hydrogens (tertiary/aromatic N) is 4. The minimum Gasteiger partial charge on any atom is -0.309 e. The van der Waals surface area contributed by atoms with Crippen LogP contribution in [0, 0.1) is 0 Å². The Morgan fingerprint density at radius 3 is 2.20 bits per heavy atom. The normalized spacial score (nSPS) is 12.0. The summed E-state index contributed by atoms with van der Waals surface area (Å²) in [5.74, 6) is 0.674. The highest BCUT2D eigenvalue weighted by atomic mass is 32.1. The Morgan fingerprint density at radius 2 is 1.28 bits per heavy atom. The van der Waals surface area contributed by atoms with E-state index in [2.05, 4.69) is 144 Å². The predicted octanol–water partition coefficient (Wildman–Crippen LogP) is 12.1. The number of pyridine rings is 1. The van der Waals surface area contributed by atoms with Gasteiger partial charge in [-0.3, -0.25) is 4.98 Å². The van der Waals surface area contributed by atoms with Gasteiger partial charge in [-0.1, -0.05) is 115 Å². The summed E-state index contributed by atoms with van der Waals surface area (Å²) in [5.41, 5.74) is 7.92. The molecule has 0 atom stereocenters. The molecule has 0 aliphatic heterocycles. The molecule has 0 bridgehead atoms. The van der Waals surface area contributed by atoms with Crippen LogP contribution in [0.2, 0.25) is 0 Å². The number of benzene rings is 7. The van der Waals surface area contributed by atoms with Crippen LogP contribution < -0.4 is 0 Å². The molecule has 7 aromatic carbocycles. The molecule has 0 unspecified atom stereocenters. The van der Waals surface area contributed by atoms with E-state index in [9.17, 15) is 0 Å². The number of thiophene rings is 1. The maximum absolute atomic E-state index is 5.27. The van der Waals surface area contributed by atoms with Crippen LogP contribution in [0.5, 0.6) is 0 Å². The molecule has 11 aromatic rings. The van der Waals surface area contributed by atoms with Gasteiger partial charge in [0.05, 0.1) is 16.6 Å². The molecule has 0 saturated heterocycles. The second-order valence-electron chi connectivity index (χ2n) is 12.8. The summed E-state index contributed by atoms with van der Waals surface area (Å²) >= 11 is 1.89. The first-order chi connectivity index (χ1) is 24.8. The van der Waals surface area contributed by atoms with E-state index in [1.54, 1.807) is 0 Å². The quantitative estimate of drug-likeness (QED) is 0.190. The second-order valence-corrected chi connectivity index (χ2v) is 13.8. The van der Waals surface area contributed by atoms with Gasteiger partial charge in [0.2, 0.25) is 0 Å². The first-order valence-corrected chi connectivity index (χ1v) is 17.6. The lowest BCUT2D eigenvalue weighted by Gasteiger charge is -2.13. The van der Waals surface area contributed by atoms with Crippen molar-refractivity contribution in [1.82, 2.24) is 19.5 Å². The zero-order valence-electron chi connectivity index (χ0n) is 26.7. The number of para-hydroxylation sites is 1. The number of hydrogen-bond acceptors (Lipinski definition) is 4. The lowest BCUT2D eigenvalue weighted by Crippen LogP contribution is -1.99. The number of fused-ring (bicyclic) bond motifs is 12. The molecule has 4 heterocycles. The fraction of sp³-hybridized carbons (Fsp3) is 0. The Hall–Kier alpha value is -6.43. The van der Waals surface area contributed by atoms with Crippen LogP contribution in [0.1, 0.15) is 0 Å². The molecular formula is C45H26N4S. The number of hydrogen-bond donors (Lipinski definition) is 0. The molecule has 0 radical (unpaired) electrons. The Balaban J connectivity index is 1.21. The minimum absolute atomic E-state index is 0.674. The maximum Gasteiger partial charge on any atom is 0.160 e. The van der Waals surface area contributed by atoms with E-state index in [1.807, 2.05) is 29.7 Å². The Kier molecular flexibility index (Phi) is 5.80. The van der Waals surface area contributed by atoms with Crippen LogP contribution in [0.4, 0.5) is 0 Å². The van der Waals surface area contributed by atoms with E-state index in [-0.39, 0.29) is 0 Å². The third-order valence-corrected chi connectivity index (χ3v) is 11.2. The monoisotopic (exact) mass is 654 g/mol. The minimum atomic E-state index is 0.674. The van der Waals surface area contributed by atoms with Gasteiger partial charge in [0.1, 0.15) is 11.2 Å². The topological polar surface area (TPSA) is 43.6 Å². The highest BCUT2D eigenvalue weighted by molar-refractivity contribution is 7.27. The SMILES string of the molecule is c1cc(-c2nc(-c3cccc4ccccc34)c3ncccc3n2)cc(-n2c3ccccc3c3c4sc5ccccc5c4c4ccccc4c32)c1. The van der Waals surface area contributed by atoms with Gasteiger partial charge in [-0.15, -0.1) is 11.3 Å². The third kappa shape index (κ3) is 3.89. The Morgan fingerprint density at radius 1 is 0.540 bits per heavy atom. The van der Waals surface area contributed by atoms with Gasteiger partial charge in [-0.05, 0) is 52.6 Å². The molecule has 5 heteroatoms. The summed E-state index contributed by atoms with van der Waals surface area (Å²) in [4.78, 5) is 15.1. The van der Waals surface area contributed by atoms with Gasteiger partial charge >= 0.3 is 0 Å². The molecule has 0 spiro atoms. The van der Waals surface area contributed by atoms with Gasteiger partial charge in [-0.2, -0.15) is 0 Å². The van der Waals surface area contributed by atoms with Crippen LogP contribution in [-0.2, 0) is 0 Å². The van der Waals surface area contributed by atoms with E-state index >= 15 is 0 Å². The first-order valence-electron chi connectivity index (χ1n) is 16.8. The molecule has 232 valence electrons. The summed E-state index contributed by atoms with van der Waals surface area (Å²) in [5, 5.41) is 10.0. The summed E-state index contributed by atoms with van der Waals surface area (Å²) in [7, 11) is 0. The largest absolute Gasteiger partial charge is 0.309 e. The average Bonchev–Trinajstić information content (AvgIpc) is 3.74.